The summed E-state index contributed by atoms with van der Waals surface area (Å²) in [7, 11) is 0.0406. The lowest BCUT2D eigenvalue weighted by Gasteiger charge is -2.07. The zero-order chi connectivity index (χ0) is 6.78. The highest BCUT2D eigenvalue weighted by Gasteiger charge is 2.10. The third-order valence-electron chi connectivity index (χ3n) is 0.403. The standard InChI is InChI=1S/C3H8O4Si/c4-2(5)1-3(6,7)8/h1,4-7H,8H3. The molecular formula is C3H8O4Si. The van der Waals surface area contributed by atoms with Crippen LogP contribution in [0.25, 0.3) is 0 Å². The topological polar surface area (TPSA) is 80.9 Å². The van der Waals surface area contributed by atoms with Gasteiger partial charge in [-0.3, -0.25) is 0 Å². The lowest BCUT2D eigenvalue weighted by atomic mass is 10.6. The molecule has 0 bridgehead atoms. The molecule has 0 rings (SSSR count). The van der Waals surface area contributed by atoms with Gasteiger partial charge in [0.15, 0.2) is 5.41 Å². The maximum atomic E-state index is 8.41. The van der Waals surface area contributed by atoms with E-state index in [-0.39, 0.29) is 10.2 Å². The van der Waals surface area contributed by atoms with Crippen LogP contribution in [0.3, 0.4) is 0 Å². The fourth-order valence-corrected chi connectivity index (χ4v) is 0.503. The van der Waals surface area contributed by atoms with Crippen molar-refractivity contribution >= 4 is 10.2 Å². The van der Waals surface area contributed by atoms with Gasteiger partial charge in [-0.05, 0) is 0 Å². The summed E-state index contributed by atoms with van der Waals surface area (Å²) >= 11 is 0. The van der Waals surface area contributed by atoms with E-state index >= 15 is 0 Å². The molecule has 0 heterocycles. The third kappa shape index (κ3) is 5.48. The molecule has 0 aliphatic carbocycles. The molecule has 0 aromatic carbocycles. The van der Waals surface area contributed by atoms with Crippen LogP contribution in [0.5, 0.6) is 0 Å². The smallest absolute Gasteiger partial charge is 0.274 e. The number of hydrogen-bond donors (Lipinski definition) is 4. The van der Waals surface area contributed by atoms with Crippen LogP contribution in [0.2, 0.25) is 0 Å². The number of aliphatic hydroxyl groups excluding tert-OH is 1. The zero-order valence-corrected chi connectivity index (χ0v) is 6.37. The lowest BCUT2D eigenvalue weighted by molar-refractivity contribution is -0.0473. The molecule has 48 valence electrons. The molecule has 0 spiro atoms. The largest absolute Gasteiger partial charge is 0.481 e. The Morgan fingerprint density at radius 3 is 1.75 bits per heavy atom. The van der Waals surface area contributed by atoms with Gasteiger partial charge < -0.3 is 20.4 Å². The first-order chi connectivity index (χ1) is 3.42. The van der Waals surface area contributed by atoms with Gasteiger partial charge >= 0.3 is 0 Å². The summed E-state index contributed by atoms with van der Waals surface area (Å²) in [6.07, 6.45) is 0.555. The van der Waals surface area contributed by atoms with E-state index in [4.69, 9.17) is 20.4 Å². The van der Waals surface area contributed by atoms with Crippen molar-refractivity contribution in [3.63, 3.8) is 0 Å². The van der Waals surface area contributed by atoms with E-state index in [1.807, 2.05) is 0 Å². The van der Waals surface area contributed by atoms with Gasteiger partial charge in [-0.1, -0.05) is 0 Å². The highest BCUT2D eigenvalue weighted by molar-refractivity contribution is 6.14. The first-order valence-electron chi connectivity index (χ1n) is 1.97. The Labute approximate surface area is 49.1 Å². The van der Waals surface area contributed by atoms with E-state index < -0.39 is 11.4 Å². The van der Waals surface area contributed by atoms with Gasteiger partial charge in [0.25, 0.3) is 5.95 Å². The van der Waals surface area contributed by atoms with E-state index in [0.717, 1.165) is 0 Å². The van der Waals surface area contributed by atoms with Crippen molar-refractivity contribution in [3.05, 3.63) is 12.0 Å². The van der Waals surface area contributed by atoms with Gasteiger partial charge in [-0.15, -0.1) is 0 Å². The second-order valence-corrected chi connectivity index (χ2v) is 3.07. The van der Waals surface area contributed by atoms with Crippen molar-refractivity contribution in [2.75, 3.05) is 0 Å². The lowest BCUT2D eigenvalue weighted by Crippen LogP contribution is -2.25. The summed E-state index contributed by atoms with van der Waals surface area (Å²) in [5.74, 6) is -1.06. The third-order valence-corrected chi connectivity index (χ3v) is 0.691. The Balaban J connectivity index is 3.89. The highest BCUT2D eigenvalue weighted by atomic mass is 28.1. The average Bonchev–Trinajstić information content (AvgIpc) is 1.21. The van der Waals surface area contributed by atoms with Crippen molar-refractivity contribution in [2.45, 2.75) is 5.41 Å². The summed E-state index contributed by atoms with van der Waals surface area (Å²) in [6, 6.07) is 0. The fraction of sp³-hybridized carbons (Fsp3) is 0.333. The minimum Gasteiger partial charge on any atom is -0.481 e. The molecule has 8 heavy (non-hydrogen) atoms. The van der Waals surface area contributed by atoms with Crippen molar-refractivity contribution in [1.82, 2.24) is 0 Å². The van der Waals surface area contributed by atoms with Crippen LogP contribution in [-0.2, 0) is 0 Å². The molecule has 0 radical (unpaired) electrons. The minimum absolute atomic E-state index is 0.0406. The second kappa shape index (κ2) is 2.16. The van der Waals surface area contributed by atoms with Crippen LogP contribution in [0.15, 0.2) is 12.0 Å². The predicted molar refractivity (Wildman–Crippen MR) is 30.4 cm³/mol. The molecule has 0 aliphatic heterocycles. The highest BCUT2D eigenvalue weighted by Crippen LogP contribution is 1.94. The number of hydrogen-bond acceptors (Lipinski definition) is 4. The number of rotatable bonds is 1. The summed E-state index contributed by atoms with van der Waals surface area (Å²) in [4.78, 5) is 0. The molecule has 0 saturated carbocycles. The van der Waals surface area contributed by atoms with E-state index in [0.29, 0.717) is 6.08 Å². The Morgan fingerprint density at radius 1 is 1.38 bits per heavy atom. The van der Waals surface area contributed by atoms with Crippen molar-refractivity contribution in [1.29, 1.82) is 0 Å². The summed E-state index contributed by atoms with van der Waals surface area (Å²) in [6.45, 7) is 0. The van der Waals surface area contributed by atoms with E-state index in [2.05, 4.69) is 0 Å². The van der Waals surface area contributed by atoms with Gasteiger partial charge in [-0.2, -0.15) is 0 Å². The summed E-state index contributed by atoms with van der Waals surface area (Å²) in [5.41, 5.74) is -2.00. The zero-order valence-electron chi connectivity index (χ0n) is 4.37. The first kappa shape index (κ1) is 7.48. The van der Waals surface area contributed by atoms with E-state index in [1.165, 1.54) is 0 Å². The van der Waals surface area contributed by atoms with Gasteiger partial charge in [0.05, 0.1) is 10.2 Å². The minimum atomic E-state index is -2.00. The molecule has 0 saturated heterocycles. The monoisotopic (exact) mass is 136 g/mol. The predicted octanol–water partition coefficient (Wildman–Crippen LogP) is -2.05. The Kier molecular flexibility index (Phi) is 2.02. The molecule has 0 aromatic rings. The molecule has 0 aliphatic rings. The summed E-state index contributed by atoms with van der Waals surface area (Å²) < 4.78 is 0. The van der Waals surface area contributed by atoms with Gasteiger partial charge in [0.1, 0.15) is 0 Å². The maximum Gasteiger partial charge on any atom is 0.274 e. The molecule has 4 N–H and O–H groups in total. The normalized spacial score (nSPS) is 11.2. The molecule has 0 aromatic heterocycles. The molecule has 5 heteroatoms. The Morgan fingerprint density at radius 2 is 1.75 bits per heavy atom. The van der Waals surface area contributed by atoms with Crippen LogP contribution < -0.4 is 0 Å². The molecular weight excluding hydrogens is 128 g/mol. The molecule has 0 amide bonds. The van der Waals surface area contributed by atoms with Crippen LogP contribution >= 0.6 is 0 Å². The quantitative estimate of drug-likeness (QED) is 0.190. The van der Waals surface area contributed by atoms with Crippen LogP contribution in [0.1, 0.15) is 0 Å². The number of aliphatic hydroxyl groups is 4. The van der Waals surface area contributed by atoms with Gasteiger partial charge in [-0.25, -0.2) is 0 Å². The maximum absolute atomic E-state index is 8.41. The van der Waals surface area contributed by atoms with Crippen molar-refractivity contribution < 1.29 is 20.4 Å². The van der Waals surface area contributed by atoms with E-state index in [1.54, 1.807) is 0 Å². The fourth-order valence-electron chi connectivity index (χ4n) is 0.245. The first-order valence-corrected chi connectivity index (χ1v) is 2.97. The van der Waals surface area contributed by atoms with Crippen molar-refractivity contribution in [3.8, 4) is 0 Å². The molecule has 0 fully saturated rings. The molecule has 0 atom stereocenters. The van der Waals surface area contributed by atoms with Gasteiger partial charge in [0.2, 0.25) is 0 Å². The Hall–Kier alpha value is -0.523. The molecule has 4 nitrogen and oxygen atoms in total. The SMILES string of the molecule is OC(O)=CC(O)(O)[SiH3]. The van der Waals surface area contributed by atoms with Crippen LogP contribution in [0.4, 0.5) is 0 Å². The van der Waals surface area contributed by atoms with Crippen LogP contribution in [-0.4, -0.2) is 36.1 Å². The second-order valence-electron chi connectivity index (χ2n) is 1.60. The van der Waals surface area contributed by atoms with Crippen LogP contribution in [0, 0.1) is 0 Å². The molecule has 0 unspecified atom stereocenters. The Bertz CT molecular complexity index is 98.3. The average molecular weight is 136 g/mol. The van der Waals surface area contributed by atoms with Gasteiger partial charge in [0, 0.05) is 6.08 Å². The van der Waals surface area contributed by atoms with Crippen molar-refractivity contribution in [2.24, 2.45) is 0 Å². The summed E-state index contributed by atoms with van der Waals surface area (Å²) in [5, 5.41) is 32.8. The van der Waals surface area contributed by atoms with E-state index in [9.17, 15) is 0 Å².